The molecule has 32 heavy (non-hydrogen) atoms. The summed E-state index contributed by atoms with van der Waals surface area (Å²) >= 11 is 6.02. The summed E-state index contributed by atoms with van der Waals surface area (Å²) in [6, 6.07) is 14.5. The summed E-state index contributed by atoms with van der Waals surface area (Å²) in [5.74, 6) is 0.615. The highest BCUT2D eigenvalue weighted by atomic mass is 35.5. The number of nitrogens with zero attached hydrogens (tertiary/aromatic N) is 1. The van der Waals surface area contributed by atoms with Gasteiger partial charge in [-0.3, -0.25) is 9.59 Å². The topological polar surface area (TPSA) is 58.6 Å². The number of hydrogen-bond donors (Lipinski definition) is 1. The minimum absolute atomic E-state index is 0.129. The molecule has 2 amide bonds. The monoisotopic (exact) mass is 458 g/mol. The lowest BCUT2D eigenvalue weighted by molar-refractivity contribution is -0.143. The zero-order valence-corrected chi connectivity index (χ0v) is 20.3. The van der Waals surface area contributed by atoms with Crippen LogP contribution in [-0.4, -0.2) is 35.9 Å². The molecule has 6 heteroatoms. The molecule has 1 atom stereocenters. The fraction of sp³-hybridized carbons (Fsp3) is 0.462. The summed E-state index contributed by atoms with van der Waals surface area (Å²) in [6.07, 6.45) is 2.41. The first-order valence-corrected chi connectivity index (χ1v) is 11.8. The van der Waals surface area contributed by atoms with Crippen LogP contribution in [0.3, 0.4) is 0 Å². The van der Waals surface area contributed by atoms with Gasteiger partial charge in [-0.15, -0.1) is 0 Å². The van der Waals surface area contributed by atoms with E-state index in [1.54, 1.807) is 17.0 Å². The van der Waals surface area contributed by atoms with Crippen LogP contribution in [0.15, 0.2) is 48.5 Å². The predicted molar refractivity (Wildman–Crippen MR) is 130 cm³/mol. The molecule has 2 aromatic rings. The zero-order chi connectivity index (χ0) is 23.5. The number of unbranched alkanes of at least 4 members (excludes halogenated alkanes) is 1. The first-order chi connectivity index (χ1) is 15.4. The van der Waals surface area contributed by atoms with Gasteiger partial charge in [0, 0.05) is 18.1 Å². The van der Waals surface area contributed by atoms with Gasteiger partial charge >= 0.3 is 0 Å². The molecular formula is C26H35ClN2O3. The molecule has 1 N–H and O–H groups in total. The maximum Gasteiger partial charge on any atom is 0.261 e. The lowest BCUT2D eigenvalue weighted by atomic mass is 10.0. The van der Waals surface area contributed by atoms with Crippen LogP contribution >= 0.6 is 11.6 Å². The van der Waals surface area contributed by atoms with E-state index >= 15 is 0 Å². The lowest BCUT2D eigenvalue weighted by Crippen LogP contribution is -2.50. The molecule has 5 nitrogen and oxygen atoms in total. The van der Waals surface area contributed by atoms with Crippen LogP contribution in [0.4, 0.5) is 0 Å². The Morgan fingerprint density at radius 3 is 2.38 bits per heavy atom. The molecule has 0 bridgehead atoms. The van der Waals surface area contributed by atoms with Crippen molar-refractivity contribution in [3.05, 3.63) is 64.7 Å². The highest BCUT2D eigenvalue weighted by Gasteiger charge is 2.29. The molecule has 2 rings (SSSR count). The number of ether oxygens (including phenoxy) is 1. The van der Waals surface area contributed by atoms with E-state index in [-0.39, 0.29) is 24.3 Å². The summed E-state index contributed by atoms with van der Waals surface area (Å²) in [5.41, 5.74) is 1.96. The molecule has 174 valence electrons. The van der Waals surface area contributed by atoms with Crippen LogP contribution in [0, 0.1) is 0 Å². The Kier molecular flexibility index (Phi) is 10.5. The van der Waals surface area contributed by atoms with E-state index in [1.807, 2.05) is 43.3 Å². The minimum atomic E-state index is -0.570. The first-order valence-electron chi connectivity index (χ1n) is 11.4. The van der Waals surface area contributed by atoms with Gasteiger partial charge in [0.15, 0.2) is 6.61 Å². The van der Waals surface area contributed by atoms with Crippen LogP contribution in [-0.2, 0) is 16.1 Å². The Labute approximate surface area is 197 Å². The van der Waals surface area contributed by atoms with E-state index in [0.717, 1.165) is 24.0 Å². The lowest BCUT2D eigenvalue weighted by Gasteiger charge is -2.30. The second kappa shape index (κ2) is 13.1. The summed E-state index contributed by atoms with van der Waals surface area (Å²) in [4.78, 5) is 27.8. The third-order valence-corrected chi connectivity index (χ3v) is 5.63. The number of rotatable bonds is 12. The van der Waals surface area contributed by atoms with Gasteiger partial charge in [0.25, 0.3) is 5.91 Å². The van der Waals surface area contributed by atoms with Gasteiger partial charge in [0.05, 0.1) is 0 Å². The van der Waals surface area contributed by atoms with Crippen LogP contribution < -0.4 is 10.1 Å². The van der Waals surface area contributed by atoms with Crippen molar-refractivity contribution in [3.8, 4) is 5.75 Å². The Morgan fingerprint density at radius 1 is 1.06 bits per heavy atom. The summed E-state index contributed by atoms with van der Waals surface area (Å²) in [6.45, 7) is 8.95. The van der Waals surface area contributed by atoms with Crippen LogP contribution in [0.2, 0.25) is 5.02 Å². The van der Waals surface area contributed by atoms with E-state index in [2.05, 4.69) is 26.1 Å². The van der Waals surface area contributed by atoms with Gasteiger partial charge in [-0.25, -0.2) is 0 Å². The number of amides is 2. The number of benzene rings is 2. The summed E-state index contributed by atoms with van der Waals surface area (Å²) in [5, 5.41) is 3.60. The van der Waals surface area contributed by atoms with Crippen LogP contribution in [0.5, 0.6) is 5.75 Å². The number of carbonyl (C=O) groups excluding carboxylic acids is 2. The molecule has 0 aliphatic heterocycles. The molecule has 0 saturated carbocycles. The Bertz CT molecular complexity index is 868. The van der Waals surface area contributed by atoms with E-state index < -0.39 is 6.04 Å². The Morgan fingerprint density at radius 2 is 1.75 bits per heavy atom. The smallest absolute Gasteiger partial charge is 0.261 e. The fourth-order valence-corrected chi connectivity index (χ4v) is 3.65. The largest absolute Gasteiger partial charge is 0.483 e. The number of halogens is 1. The van der Waals surface area contributed by atoms with Gasteiger partial charge in [0.2, 0.25) is 5.91 Å². The van der Waals surface area contributed by atoms with Gasteiger partial charge in [-0.05, 0) is 48.1 Å². The van der Waals surface area contributed by atoms with E-state index in [9.17, 15) is 9.59 Å². The molecule has 2 aromatic carbocycles. The standard InChI is InChI=1S/C26H35ClN2O3/c1-5-7-16-28-26(31)23(6-2)29(17-20-12-14-21(27)15-13-20)25(30)18-32-24-11-9-8-10-22(24)19(3)4/h8-15,19,23H,5-7,16-18H2,1-4H3,(H,28,31). The molecule has 0 saturated heterocycles. The maximum atomic E-state index is 13.3. The van der Waals surface area contributed by atoms with Crippen molar-refractivity contribution in [3.63, 3.8) is 0 Å². The number of para-hydroxylation sites is 1. The van der Waals surface area contributed by atoms with E-state index in [0.29, 0.717) is 30.3 Å². The molecule has 1 unspecified atom stereocenters. The van der Waals surface area contributed by atoms with Crippen LogP contribution in [0.1, 0.15) is 64.0 Å². The molecule has 0 fully saturated rings. The van der Waals surface area contributed by atoms with Gasteiger partial charge in [-0.2, -0.15) is 0 Å². The zero-order valence-electron chi connectivity index (χ0n) is 19.6. The first kappa shape index (κ1) is 25.7. The second-order valence-corrected chi connectivity index (χ2v) is 8.63. The predicted octanol–water partition coefficient (Wildman–Crippen LogP) is 5.57. The van der Waals surface area contributed by atoms with E-state index in [1.165, 1.54) is 0 Å². The number of hydrogen-bond acceptors (Lipinski definition) is 3. The maximum absolute atomic E-state index is 13.3. The fourth-order valence-electron chi connectivity index (χ4n) is 3.52. The van der Waals surface area contributed by atoms with Gasteiger partial charge in [0.1, 0.15) is 11.8 Å². The van der Waals surface area contributed by atoms with E-state index in [4.69, 9.17) is 16.3 Å². The van der Waals surface area contributed by atoms with Gasteiger partial charge < -0.3 is 15.0 Å². The number of nitrogens with one attached hydrogen (secondary N) is 1. The summed E-state index contributed by atoms with van der Waals surface area (Å²) < 4.78 is 5.93. The average molecular weight is 459 g/mol. The van der Waals surface area contributed by atoms with Crippen molar-refractivity contribution in [2.75, 3.05) is 13.2 Å². The molecule has 0 radical (unpaired) electrons. The molecular weight excluding hydrogens is 424 g/mol. The van der Waals surface area contributed by atoms with Crippen molar-refractivity contribution in [1.29, 1.82) is 0 Å². The Balaban J connectivity index is 2.21. The van der Waals surface area contributed by atoms with Crippen molar-refractivity contribution >= 4 is 23.4 Å². The minimum Gasteiger partial charge on any atom is -0.483 e. The highest BCUT2D eigenvalue weighted by Crippen LogP contribution is 2.26. The van der Waals surface area contributed by atoms with Crippen LogP contribution in [0.25, 0.3) is 0 Å². The molecule has 0 aliphatic rings. The Hall–Kier alpha value is -2.53. The van der Waals surface area contributed by atoms with Crippen molar-refractivity contribution in [2.24, 2.45) is 0 Å². The average Bonchev–Trinajstić information content (AvgIpc) is 2.79. The molecule has 0 aliphatic carbocycles. The third kappa shape index (κ3) is 7.56. The van der Waals surface area contributed by atoms with Crippen molar-refractivity contribution < 1.29 is 14.3 Å². The summed E-state index contributed by atoms with van der Waals surface area (Å²) in [7, 11) is 0. The van der Waals surface area contributed by atoms with Crippen molar-refractivity contribution in [2.45, 2.75) is 65.5 Å². The number of carbonyl (C=O) groups is 2. The van der Waals surface area contributed by atoms with Crippen molar-refractivity contribution in [1.82, 2.24) is 10.2 Å². The molecule has 0 aromatic heterocycles. The quantitative estimate of drug-likeness (QED) is 0.423. The normalized spacial score (nSPS) is 11.8. The SMILES string of the molecule is CCCCNC(=O)C(CC)N(Cc1ccc(Cl)cc1)C(=O)COc1ccccc1C(C)C. The third-order valence-electron chi connectivity index (χ3n) is 5.37. The molecule has 0 heterocycles. The molecule has 0 spiro atoms. The van der Waals surface area contributed by atoms with Gasteiger partial charge in [-0.1, -0.05) is 76.0 Å². The second-order valence-electron chi connectivity index (χ2n) is 8.20. The highest BCUT2D eigenvalue weighted by molar-refractivity contribution is 6.30.